The monoisotopic (exact) mass is 458 g/mol. The number of hydrogen-bond donors (Lipinski definition) is 1. The number of amides is 1. The maximum Gasteiger partial charge on any atom is 0.255 e. The zero-order chi connectivity index (χ0) is 21.8. The third-order valence-electron chi connectivity index (χ3n) is 4.93. The summed E-state index contributed by atoms with van der Waals surface area (Å²) >= 11 is 1.22. The lowest BCUT2D eigenvalue weighted by Gasteiger charge is -2.25. The lowest BCUT2D eigenvalue weighted by Crippen LogP contribution is -2.40. The number of ether oxygens (including phenoxy) is 2. The van der Waals surface area contributed by atoms with Crippen LogP contribution in [0.25, 0.3) is 10.4 Å². The Morgan fingerprint density at radius 1 is 1.03 bits per heavy atom. The molecule has 1 fully saturated rings. The van der Waals surface area contributed by atoms with Crippen molar-refractivity contribution < 1.29 is 22.7 Å². The summed E-state index contributed by atoms with van der Waals surface area (Å²) in [4.78, 5) is 13.4. The van der Waals surface area contributed by atoms with Crippen LogP contribution in [0.1, 0.15) is 10.4 Å². The quantitative estimate of drug-likeness (QED) is 0.609. The highest BCUT2D eigenvalue weighted by atomic mass is 32.2. The number of methoxy groups -OCH3 is 1. The summed E-state index contributed by atoms with van der Waals surface area (Å²) in [5, 5.41) is 2.84. The van der Waals surface area contributed by atoms with Gasteiger partial charge in [0.15, 0.2) is 0 Å². The fourth-order valence-corrected chi connectivity index (χ4v) is 6.13. The van der Waals surface area contributed by atoms with Crippen LogP contribution in [0.15, 0.2) is 64.9 Å². The van der Waals surface area contributed by atoms with Crippen LogP contribution in [-0.4, -0.2) is 52.0 Å². The molecule has 1 amide bonds. The molecule has 4 rings (SSSR count). The Bertz CT molecular complexity index is 1170. The first-order chi connectivity index (χ1) is 15.0. The predicted octanol–water partition coefficient (Wildman–Crippen LogP) is 3.70. The number of rotatable bonds is 6. The van der Waals surface area contributed by atoms with Crippen molar-refractivity contribution in [3.8, 4) is 16.2 Å². The van der Waals surface area contributed by atoms with E-state index in [4.69, 9.17) is 9.47 Å². The van der Waals surface area contributed by atoms with Gasteiger partial charge in [0, 0.05) is 23.5 Å². The molecular formula is C22H22N2O5S2. The van der Waals surface area contributed by atoms with Gasteiger partial charge >= 0.3 is 0 Å². The molecule has 0 spiro atoms. The first kappa shape index (κ1) is 21.5. The number of sulfonamides is 1. The number of carbonyl (C=O) groups is 1. The van der Waals surface area contributed by atoms with E-state index in [9.17, 15) is 13.2 Å². The van der Waals surface area contributed by atoms with E-state index in [1.807, 2.05) is 24.3 Å². The molecule has 31 heavy (non-hydrogen) atoms. The minimum absolute atomic E-state index is 0.252. The average Bonchev–Trinajstić information content (AvgIpc) is 3.31. The van der Waals surface area contributed by atoms with Crippen molar-refractivity contribution in [1.29, 1.82) is 0 Å². The lowest BCUT2D eigenvalue weighted by molar-refractivity contribution is 0.0731. The van der Waals surface area contributed by atoms with Gasteiger partial charge in [0.1, 0.15) is 9.96 Å². The zero-order valence-corrected chi connectivity index (χ0v) is 18.5. The second-order valence-corrected chi connectivity index (χ2v) is 10.1. The van der Waals surface area contributed by atoms with Crippen molar-refractivity contribution in [3.63, 3.8) is 0 Å². The van der Waals surface area contributed by atoms with Crippen LogP contribution in [0.2, 0.25) is 0 Å². The summed E-state index contributed by atoms with van der Waals surface area (Å²) in [7, 11) is -1.97. The van der Waals surface area contributed by atoms with Crippen molar-refractivity contribution in [1.82, 2.24) is 4.31 Å². The van der Waals surface area contributed by atoms with Crippen LogP contribution in [0.4, 0.5) is 5.69 Å². The van der Waals surface area contributed by atoms with E-state index in [0.29, 0.717) is 47.5 Å². The molecule has 2 heterocycles. The number of para-hydroxylation sites is 2. The fourth-order valence-electron chi connectivity index (χ4n) is 3.26. The normalized spacial score (nSPS) is 14.9. The van der Waals surface area contributed by atoms with Crippen molar-refractivity contribution in [2.45, 2.75) is 4.21 Å². The van der Waals surface area contributed by atoms with Crippen molar-refractivity contribution in [2.24, 2.45) is 0 Å². The summed E-state index contributed by atoms with van der Waals surface area (Å²) in [6.45, 7) is 1.56. The number of thiophene rings is 1. The molecule has 1 aromatic heterocycles. The molecule has 1 aliphatic heterocycles. The van der Waals surface area contributed by atoms with E-state index in [1.165, 1.54) is 15.6 Å². The first-order valence-electron chi connectivity index (χ1n) is 9.71. The van der Waals surface area contributed by atoms with E-state index < -0.39 is 10.0 Å². The van der Waals surface area contributed by atoms with Crippen molar-refractivity contribution in [3.05, 3.63) is 66.2 Å². The number of hydrogen-bond acceptors (Lipinski definition) is 6. The number of carbonyl (C=O) groups excluding carboxylic acids is 1. The lowest BCUT2D eigenvalue weighted by atomic mass is 10.1. The maximum absolute atomic E-state index is 12.8. The minimum Gasteiger partial charge on any atom is -0.495 e. The van der Waals surface area contributed by atoms with Crippen LogP contribution < -0.4 is 10.1 Å². The molecule has 7 nitrogen and oxygen atoms in total. The van der Waals surface area contributed by atoms with Crippen molar-refractivity contribution >= 4 is 33.0 Å². The second-order valence-electron chi connectivity index (χ2n) is 6.87. The van der Waals surface area contributed by atoms with Gasteiger partial charge in [-0.05, 0) is 42.0 Å². The standard InChI is InChI=1S/C22H22N2O5S2/c1-28-19-5-3-2-4-18(19)23-22(25)17-8-6-16(7-9-17)20-10-11-21(30-20)31(26,27)24-12-14-29-15-13-24/h2-11H,12-15H2,1H3,(H,23,25). The summed E-state index contributed by atoms with van der Waals surface area (Å²) in [6, 6.07) is 17.7. The summed E-state index contributed by atoms with van der Waals surface area (Å²) in [5.74, 6) is 0.331. The number of anilines is 1. The Morgan fingerprint density at radius 3 is 2.45 bits per heavy atom. The van der Waals surface area contributed by atoms with Gasteiger partial charge in [-0.3, -0.25) is 4.79 Å². The molecule has 2 aromatic carbocycles. The molecule has 162 valence electrons. The highest BCUT2D eigenvalue weighted by Crippen LogP contribution is 2.33. The molecule has 3 aromatic rings. The van der Waals surface area contributed by atoms with Crippen LogP contribution >= 0.6 is 11.3 Å². The van der Waals surface area contributed by atoms with Gasteiger partial charge in [0.05, 0.1) is 26.0 Å². The highest BCUT2D eigenvalue weighted by molar-refractivity contribution is 7.91. The van der Waals surface area contributed by atoms with E-state index in [0.717, 1.165) is 10.4 Å². The predicted molar refractivity (Wildman–Crippen MR) is 120 cm³/mol. The van der Waals surface area contributed by atoms with E-state index in [1.54, 1.807) is 43.5 Å². The molecule has 0 bridgehead atoms. The molecule has 0 unspecified atom stereocenters. The van der Waals surface area contributed by atoms with Crippen LogP contribution in [0.3, 0.4) is 0 Å². The Labute approximate surface area is 185 Å². The third kappa shape index (κ3) is 4.64. The van der Waals surface area contributed by atoms with Gasteiger partial charge in [0.2, 0.25) is 0 Å². The molecule has 1 N–H and O–H groups in total. The number of nitrogens with one attached hydrogen (secondary N) is 1. The Morgan fingerprint density at radius 2 is 1.74 bits per heavy atom. The Balaban J connectivity index is 1.49. The van der Waals surface area contributed by atoms with Gasteiger partial charge in [-0.25, -0.2) is 8.42 Å². The van der Waals surface area contributed by atoms with E-state index >= 15 is 0 Å². The topological polar surface area (TPSA) is 84.9 Å². The molecule has 0 saturated carbocycles. The average molecular weight is 459 g/mol. The molecule has 1 saturated heterocycles. The van der Waals surface area contributed by atoms with Crippen LogP contribution in [0.5, 0.6) is 5.75 Å². The Kier molecular flexibility index (Phi) is 6.38. The molecule has 9 heteroatoms. The van der Waals surface area contributed by atoms with Crippen LogP contribution in [0, 0.1) is 0 Å². The number of benzene rings is 2. The fraction of sp³-hybridized carbons (Fsp3) is 0.227. The summed E-state index contributed by atoms with van der Waals surface area (Å²) < 4.78 is 37.9. The summed E-state index contributed by atoms with van der Waals surface area (Å²) in [5.41, 5.74) is 1.94. The minimum atomic E-state index is -3.52. The van der Waals surface area contributed by atoms with Gasteiger partial charge in [-0.15, -0.1) is 11.3 Å². The number of nitrogens with zero attached hydrogens (tertiary/aromatic N) is 1. The highest BCUT2D eigenvalue weighted by Gasteiger charge is 2.27. The summed E-state index contributed by atoms with van der Waals surface area (Å²) in [6.07, 6.45) is 0. The molecular weight excluding hydrogens is 436 g/mol. The smallest absolute Gasteiger partial charge is 0.255 e. The maximum atomic E-state index is 12.8. The van der Waals surface area contributed by atoms with Gasteiger partial charge in [-0.1, -0.05) is 24.3 Å². The molecule has 0 radical (unpaired) electrons. The van der Waals surface area contributed by atoms with E-state index in [-0.39, 0.29) is 5.91 Å². The van der Waals surface area contributed by atoms with Gasteiger partial charge < -0.3 is 14.8 Å². The van der Waals surface area contributed by atoms with Gasteiger partial charge in [0.25, 0.3) is 15.9 Å². The second kappa shape index (κ2) is 9.19. The van der Waals surface area contributed by atoms with Crippen molar-refractivity contribution in [2.75, 3.05) is 38.7 Å². The third-order valence-corrected chi connectivity index (χ3v) is 8.43. The molecule has 0 atom stereocenters. The largest absolute Gasteiger partial charge is 0.495 e. The van der Waals surface area contributed by atoms with Crippen LogP contribution in [-0.2, 0) is 14.8 Å². The van der Waals surface area contributed by atoms with Gasteiger partial charge in [-0.2, -0.15) is 4.31 Å². The SMILES string of the molecule is COc1ccccc1NC(=O)c1ccc(-c2ccc(S(=O)(=O)N3CCOCC3)s2)cc1. The van der Waals surface area contributed by atoms with E-state index in [2.05, 4.69) is 5.32 Å². The Hall–Kier alpha value is -2.72. The zero-order valence-electron chi connectivity index (χ0n) is 16.9. The molecule has 1 aliphatic rings. The number of morpholine rings is 1. The first-order valence-corrected chi connectivity index (χ1v) is 12.0. The molecule has 0 aliphatic carbocycles.